The third kappa shape index (κ3) is 8.07. The minimum absolute atomic E-state index is 0.163. The molecular formula is C31H46N6O6. The fourth-order valence-electron chi connectivity index (χ4n) is 4.92. The van der Waals surface area contributed by atoms with Crippen LogP contribution in [-0.4, -0.2) is 62.3 Å². The monoisotopic (exact) mass is 598 g/mol. The van der Waals surface area contributed by atoms with Gasteiger partial charge in [0.05, 0.1) is 34.3 Å². The van der Waals surface area contributed by atoms with E-state index in [0.29, 0.717) is 29.6 Å². The van der Waals surface area contributed by atoms with Crippen LogP contribution >= 0.6 is 0 Å². The zero-order chi connectivity index (χ0) is 32.2. The maximum atomic E-state index is 13.4. The highest BCUT2D eigenvalue weighted by atomic mass is 16.5. The van der Waals surface area contributed by atoms with E-state index < -0.39 is 47.6 Å². The summed E-state index contributed by atoms with van der Waals surface area (Å²) in [4.78, 5) is 56.9. The van der Waals surface area contributed by atoms with E-state index in [4.69, 9.17) is 10.6 Å². The summed E-state index contributed by atoms with van der Waals surface area (Å²) in [6.45, 7) is 12.4. The zero-order valence-corrected chi connectivity index (χ0v) is 26.4. The standard InChI is InChI=1S/C31H46N6O6/c1-17(2)24-26(38)33-19(4)27(39)37(32)15-9-10-18(3)29(41)43-20(5)25-34-23-16-21(11-12-22(23)28(40)36(25)8)13-14-31(6,7)30(42)35-24/h11-14,16-20,24,26,33,38H,9-10,15,32H2,1-8H3,(H,35,42)/b14-13+/t18?,19-,20+,24-,26?/m0/s1. The largest absolute Gasteiger partial charge is 0.454 e. The second kappa shape index (κ2) is 13.8. The number of esters is 1. The van der Waals surface area contributed by atoms with Gasteiger partial charge < -0.3 is 15.2 Å². The number of hydrogen-bond donors (Lipinski definition) is 4. The average molecular weight is 599 g/mol. The van der Waals surface area contributed by atoms with Crippen molar-refractivity contribution in [3.05, 3.63) is 46.0 Å². The van der Waals surface area contributed by atoms with Crippen LogP contribution in [0.25, 0.3) is 17.0 Å². The average Bonchev–Trinajstić information content (AvgIpc) is 2.94. The lowest BCUT2D eigenvalue weighted by Crippen LogP contribution is -2.59. The SMILES string of the molecule is CC1CCCN(N)C(=O)[C@H](C)NC(O)[C@H](C(C)C)NC(=O)C(C)(C)/C=C/c2ccc3c(=O)n(C)c(nc3c2)[C@@H](C)OC1=O. The van der Waals surface area contributed by atoms with E-state index in [1.165, 1.54) is 4.57 Å². The Morgan fingerprint density at radius 3 is 2.47 bits per heavy atom. The van der Waals surface area contributed by atoms with E-state index >= 15 is 0 Å². The van der Waals surface area contributed by atoms with E-state index in [9.17, 15) is 24.3 Å². The molecule has 1 aromatic carbocycles. The molecule has 2 heterocycles. The highest BCUT2D eigenvalue weighted by molar-refractivity contribution is 5.86. The Balaban J connectivity index is 2.02. The van der Waals surface area contributed by atoms with Crippen molar-refractivity contribution in [2.75, 3.05) is 6.54 Å². The number of fused-ring (bicyclic) bond motifs is 2. The van der Waals surface area contributed by atoms with Crippen molar-refractivity contribution < 1.29 is 24.2 Å². The van der Waals surface area contributed by atoms with Gasteiger partial charge in [0.25, 0.3) is 11.5 Å². The van der Waals surface area contributed by atoms with Crippen molar-refractivity contribution in [2.24, 2.45) is 30.1 Å². The van der Waals surface area contributed by atoms with E-state index in [-0.39, 0.29) is 23.9 Å². The van der Waals surface area contributed by atoms with Crippen LogP contribution in [0.4, 0.5) is 0 Å². The van der Waals surface area contributed by atoms with Gasteiger partial charge in [0.15, 0.2) is 11.9 Å². The second-order valence-corrected chi connectivity index (χ2v) is 12.4. The number of benzene rings is 1. The highest BCUT2D eigenvalue weighted by Crippen LogP contribution is 2.24. The molecule has 1 aliphatic rings. The number of aromatic nitrogens is 2. The normalized spacial score (nSPS) is 27.4. The molecule has 0 fully saturated rings. The lowest BCUT2D eigenvalue weighted by molar-refractivity contribution is -0.153. The van der Waals surface area contributed by atoms with Crippen LogP contribution in [0.3, 0.4) is 0 Å². The van der Waals surface area contributed by atoms with Gasteiger partial charge in [-0.15, -0.1) is 0 Å². The number of ether oxygens (including phenoxy) is 1. The minimum atomic E-state index is -1.22. The van der Waals surface area contributed by atoms with E-state index in [2.05, 4.69) is 15.6 Å². The van der Waals surface area contributed by atoms with E-state index in [1.54, 1.807) is 72.0 Å². The van der Waals surface area contributed by atoms with Crippen molar-refractivity contribution in [2.45, 2.75) is 85.7 Å². The number of carbonyl (C=O) groups excluding carboxylic acids is 3. The first-order chi connectivity index (χ1) is 20.0. The third-order valence-corrected chi connectivity index (χ3v) is 7.94. The van der Waals surface area contributed by atoms with Crippen LogP contribution in [-0.2, 0) is 26.2 Å². The van der Waals surface area contributed by atoms with Crippen LogP contribution in [0, 0.1) is 17.3 Å². The predicted octanol–water partition coefficient (Wildman–Crippen LogP) is 2.15. The maximum Gasteiger partial charge on any atom is 0.309 e. The molecule has 12 nitrogen and oxygen atoms in total. The van der Waals surface area contributed by atoms with Crippen molar-refractivity contribution >= 4 is 34.8 Å². The molecule has 5 atom stereocenters. The molecule has 3 rings (SSSR count). The first-order valence-corrected chi connectivity index (χ1v) is 14.7. The summed E-state index contributed by atoms with van der Waals surface area (Å²) in [6.07, 6.45) is 2.34. The maximum absolute atomic E-state index is 13.4. The number of nitrogens with one attached hydrogen (secondary N) is 2. The van der Waals surface area contributed by atoms with Gasteiger partial charge in [-0.1, -0.05) is 39.0 Å². The molecular weight excluding hydrogens is 552 g/mol. The molecule has 12 heteroatoms. The lowest BCUT2D eigenvalue weighted by Gasteiger charge is -2.33. The second-order valence-electron chi connectivity index (χ2n) is 12.4. The summed E-state index contributed by atoms with van der Waals surface area (Å²) < 4.78 is 7.06. The van der Waals surface area contributed by atoms with Gasteiger partial charge in [-0.3, -0.25) is 34.1 Å². The molecule has 0 saturated heterocycles. The first-order valence-electron chi connectivity index (χ1n) is 14.7. The number of nitrogens with zero attached hydrogens (tertiary/aromatic N) is 3. The number of aliphatic hydroxyl groups excluding tert-OH is 1. The van der Waals surface area contributed by atoms with Crippen LogP contribution in [0.2, 0.25) is 0 Å². The highest BCUT2D eigenvalue weighted by Gasteiger charge is 2.33. The van der Waals surface area contributed by atoms with Gasteiger partial charge in [0.1, 0.15) is 6.23 Å². The molecule has 2 aromatic rings. The van der Waals surface area contributed by atoms with E-state index in [1.807, 2.05) is 13.8 Å². The smallest absolute Gasteiger partial charge is 0.309 e. The van der Waals surface area contributed by atoms with Gasteiger partial charge in [-0.05, 0) is 64.2 Å². The van der Waals surface area contributed by atoms with Crippen molar-refractivity contribution in [1.82, 2.24) is 25.2 Å². The Labute approximate surface area is 252 Å². The molecule has 2 unspecified atom stereocenters. The van der Waals surface area contributed by atoms with Gasteiger partial charge in [-0.25, -0.2) is 10.8 Å². The predicted molar refractivity (Wildman–Crippen MR) is 164 cm³/mol. The van der Waals surface area contributed by atoms with Crippen molar-refractivity contribution in [3.63, 3.8) is 0 Å². The molecule has 0 aliphatic carbocycles. The summed E-state index contributed by atoms with van der Waals surface area (Å²) in [6, 6.07) is 3.67. The van der Waals surface area contributed by atoms with Crippen LogP contribution < -0.4 is 22.0 Å². The molecule has 5 N–H and O–H groups in total. The quantitative estimate of drug-likeness (QED) is 0.218. The van der Waals surface area contributed by atoms with E-state index in [0.717, 1.165) is 10.6 Å². The molecule has 0 saturated carbocycles. The van der Waals surface area contributed by atoms with Crippen molar-refractivity contribution in [1.29, 1.82) is 0 Å². The number of amides is 2. The lowest BCUT2D eigenvalue weighted by atomic mass is 9.89. The Morgan fingerprint density at radius 2 is 1.81 bits per heavy atom. The van der Waals surface area contributed by atoms with Crippen molar-refractivity contribution in [3.8, 4) is 0 Å². The summed E-state index contributed by atoms with van der Waals surface area (Å²) in [5, 5.41) is 18.2. The molecule has 0 spiro atoms. The van der Waals surface area contributed by atoms with Crippen LogP contribution in [0.15, 0.2) is 29.1 Å². The number of hydrogen-bond acceptors (Lipinski definition) is 9. The summed E-state index contributed by atoms with van der Waals surface area (Å²) >= 11 is 0. The number of rotatable bonds is 1. The Kier molecular flexibility index (Phi) is 10.9. The number of cyclic esters (lactones) is 1. The van der Waals surface area contributed by atoms with Gasteiger partial charge >= 0.3 is 5.97 Å². The molecule has 0 radical (unpaired) electrons. The summed E-state index contributed by atoms with van der Waals surface area (Å²) in [5.74, 6) is 4.45. The van der Waals surface area contributed by atoms with Crippen LogP contribution in [0.1, 0.15) is 78.8 Å². The first kappa shape index (κ1) is 33.9. The molecule has 2 amide bonds. The zero-order valence-electron chi connectivity index (χ0n) is 26.4. The Bertz CT molecular complexity index is 1430. The molecule has 3 bridgehead atoms. The number of aliphatic hydroxyl groups is 1. The summed E-state index contributed by atoms with van der Waals surface area (Å²) in [5.41, 5.74) is -0.0898. The number of nitrogens with two attached hydrogens (primary N) is 1. The minimum Gasteiger partial charge on any atom is -0.454 e. The van der Waals surface area contributed by atoms with Crippen LogP contribution in [0.5, 0.6) is 0 Å². The number of carbonyl (C=O) groups is 3. The fourth-order valence-corrected chi connectivity index (χ4v) is 4.92. The number of hydrazine groups is 1. The molecule has 1 aromatic heterocycles. The topological polar surface area (TPSA) is 169 Å². The summed E-state index contributed by atoms with van der Waals surface area (Å²) in [7, 11) is 1.59. The molecule has 43 heavy (non-hydrogen) atoms. The fraction of sp³-hybridized carbons (Fsp3) is 0.581. The third-order valence-electron chi connectivity index (χ3n) is 7.94. The van der Waals surface area contributed by atoms with Gasteiger partial charge in [-0.2, -0.15) is 0 Å². The van der Waals surface area contributed by atoms with Gasteiger partial charge in [0.2, 0.25) is 5.91 Å². The van der Waals surface area contributed by atoms with Gasteiger partial charge in [0, 0.05) is 13.6 Å². The Morgan fingerprint density at radius 1 is 1.14 bits per heavy atom. The Hall–Kier alpha value is -3.61. The molecule has 236 valence electrons. The molecule has 1 aliphatic heterocycles.